The van der Waals surface area contributed by atoms with Gasteiger partial charge in [-0.05, 0) is 53.9 Å². The van der Waals surface area contributed by atoms with Crippen molar-refractivity contribution in [3.63, 3.8) is 0 Å². The fourth-order valence-electron chi connectivity index (χ4n) is 1.98. The summed E-state index contributed by atoms with van der Waals surface area (Å²) in [6, 6.07) is 9.22. The van der Waals surface area contributed by atoms with Crippen LogP contribution < -0.4 is 5.73 Å². The fourth-order valence-corrected chi connectivity index (χ4v) is 1.98. The van der Waals surface area contributed by atoms with Crippen molar-refractivity contribution in [3.05, 3.63) is 59.4 Å². The van der Waals surface area contributed by atoms with Crippen molar-refractivity contribution in [2.24, 2.45) is 5.73 Å². The van der Waals surface area contributed by atoms with Crippen LogP contribution in [-0.2, 0) is 12.6 Å². The molecule has 2 rings (SSSR count). The van der Waals surface area contributed by atoms with Crippen molar-refractivity contribution in [1.82, 2.24) is 0 Å². The van der Waals surface area contributed by atoms with Gasteiger partial charge in [-0.15, -0.1) is 0 Å². The minimum Gasteiger partial charge on any atom is -0.330 e. The van der Waals surface area contributed by atoms with Crippen LogP contribution >= 0.6 is 0 Å². The molecule has 1 nitrogen and oxygen atoms in total. The molecular formula is C15H13F4N. The highest BCUT2D eigenvalue weighted by molar-refractivity contribution is 5.65. The van der Waals surface area contributed by atoms with Crippen molar-refractivity contribution < 1.29 is 17.6 Å². The van der Waals surface area contributed by atoms with Crippen molar-refractivity contribution in [2.45, 2.75) is 12.6 Å². The maximum atomic E-state index is 13.5. The minimum atomic E-state index is -4.39. The molecule has 2 N–H and O–H groups in total. The van der Waals surface area contributed by atoms with Crippen LogP contribution in [0.5, 0.6) is 0 Å². The second kappa shape index (κ2) is 5.63. The van der Waals surface area contributed by atoms with E-state index in [2.05, 4.69) is 0 Å². The van der Waals surface area contributed by atoms with E-state index in [4.69, 9.17) is 5.73 Å². The van der Waals surface area contributed by atoms with Crippen LogP contribution in [0.3, 0.4) is 0 Å². The maximum Gasteiger partial charge on any atom is 0.416 e. The summed E-state index contributed by atoms with van der Waals surface area (Å²) in [6.45, 7) is 0.281. The Morgan fingerprint density at radius 3 is 2.30 bits per heavy atom. The molecule has 0 aromatic heterocycles. The predicted molar refractivity (Wildman–Crippen MR) is 69.6 cm³/mol. The first-order valence-electron chi connectivity index (χ1n) is 6.08. The van der Waals surface area contributed by atoms with Crippen LogP contribution in [0.25, 0.3) is 11.1 Å². The van der Waals surface area contributed by atoms with Gasteiger partial charge in [-0.1, -0.05) is 18.2 Å². The standard InChI is InChI=1S/C15H13F4N/c16-14-5-4-11(8-12(14)6-7-20)10-2-1-3-13(9-10)15(17,18)19/h1-5,8-9H,6-7,20H2. The van der Waals surface area contributed by atoms with Gasteiger partial charge in [0.05, 0.1) is 5.56 Å². The van der Waals surface area contributed by atoms with E-state index < -0.39 is 17.6 Å². The zero-order chi connectivity index (χ0) is 14.8. The molecule has 0 saturated heterocycles. The lowest BCUT2D eigenvalue weighted by Gasteiger charge is -2.10. The summed E-state index contributed by atoms with van der Waals surface area (Å²) in [6.07, 6.45) is -4.05. The molecule has 0 heterocycles. The molecule has 5 heteroatoms. The smallest absolute Gasteiger partial charge is 0.330 e. The molecule has 0 atom stereocenters. The Morgan fingerprint density at radius 2 is 1.65 bits per heavy atom. The molecule has 2 aromatic carbocycles. The number of hydrogen-bond donors (Lipinski definition) is 1. The fraction of sp³-hybridized carbons (Fsp3) is 0.200. The first-order valence-corrected chi connectivity index (χ1v) is 6.08. The minimum absolute atomic E-state index is 0.281. The van der Waals surface area contributed by atoms with Crippen molar-refractivity contribution in [1.29, 1.82) is 0 Å². The number of nitrogens with two attached hydrogens (primary N) is 1. The van der Waals surface area contributed by atoms with Crippen molar-refractivity contribution >= 4 is 0 Å². The quantitative estimate of drug-likeness (QED) is 0.846. The van der Waals surface area contributed by atoms with Crippen LogP contribution in [0.4, 0.5) is 17.6 Å². The number of halogens is 4. The van der Waals surface area contributed by atoms with Gasteiger partial charge in [-0.25, -0.2) is 4.39 Å². The summed E-state index contributed by atoms with van der Waals surface area (Å²) in [5, 5.41) is 0. The average Bonchev–Trinajstić information content (AvgIpc) is 2.41. The summed E-state index contributed by atoms with van der Waals surface area (Å²) in [7, 11) is 0. The van der Waals surface area contributed by atoms with E-state index in [0.29, 0.717) is 23.1 Å². The number of alkyl halides is 3. The van der Waals surface area contributed by atoms with E-state index in [1.165, 1.54) is 24.3 Å². The van der Waals surface area contributed by atoms with Crippen LogP contribution in [0.1, 0.15) is 11.1 Å². The second-order valence-electron chi connectivity index (χ2n) is 4.42. The highest BCUT2D eigenvalue weighted by Crippen LogP contribution is 2.32. The van der Waals surface area contributed by atoms with Gasteiger partial charge >= 0.3 is 6.18 Å². The molecule has 0 aliphatic rings. The number of rotatable bonds is 3. The molecule has 0 fully saturated rings. The topological polar surface area (TPSA) is 26.0 Å². The lowest BCUT2D eigenvalue weighted by atomic mass is 9.99. The van der Waals surface area contributed by atoms with Gasteiger partial charge in [0.2, 0.25) is 0 Å². The monoisotopic (exact) mass is 283 g/mol. The summed E-state index contributed by atoms with van der Waals surface area (Å²) in [5.74, 6) is -0.397. The second-order valence-corrected chi connectivity index (χ2v) is 4.42. The van der Waals surface area contributed by atoms with E-state index in [1.54, 1.807) is 6.07 Å². The van der Waals surface area contributed by atoms with Gasteiger partial charge in [0.15, 0.2) is 0 Å². The Balaban J connectivity index is 2.44. The van der Waals surface area contributed by atoms with Gasteiger partial charge in [0.1, 0.15) is 5.82 Å². The molecule has 106 valence electrons. The summed E-state index contributed by atoms with van der Waals surface area (Å²) in [4.78, 5) is 0. The lowest BCUT2D eigenvalue weighted by molar-refractivity contribution is -0.137. The Bertz CT molecular complexity index is 605. The Kier molecular flexibility index (Phi) is 4.09. The van der Waals surface area contributed by atoms with Crippen molar-refractivity contribution in [2.75, 3.05) is 6.54 Å². The van der Waals surface area contributed by atoms with Crippen molar-refractivity contribution in [3.8, 4) is 11.1 Å². The average molecular weight is 283 g/mol. The zero-order valence-electron chi connectivity index (χ0n) is 10.5. The van der Waals surface area contributed by atoms with E-state index in [9.17, 15) is 17.6 Å². The highest BCUT2D eigenvalue weighted by atomic mass is 19.4. The van der Waals surface area contributed by atoms with Gasteiger partial charge in [0.25, 0.3) is 0 Å². The normalized spacial score (nSPS) is 11.7. The first kappa shape index (κ1) is 14.5. The molecule has 20 heavy (non-hydrogen) atoms. The van der Waals surface area contributed by atoms with E-state index in [1.807, 2.05) is 0 Å². The molecule has 0 aliphatic carbocycles. The van der Waals surface area contributed by atoms with Crippen LogP contribution in [-0.4, -0.2) is 6.54 Å². The zero-order valence-corrected chi connectivity index (χ0v) is 10.5. The lowest BCUT2D eigenvalue weighted by Crippen LogP contribution is -2.05. The van der Waals surface area contributed by atoms with Gasteiger partial charge in [-0.2, -0.15) is 13.2 Å². The molecule has 0 amide bonds. The Morgan fingerprint density at radius 1 is 0.950 bits per heavy atom. The van der Waals surface area contributed by atoms with E-state index in [-0.39, 0.29) is 6.54 Å². The van der Waals surface area contributed by atoms with Crippen LogP contribution in [0, 0.1) is 5.82 Å². The number of hydrogen-bond acceptors (Lipinski definition) is 1. The van der Waals surface area contributed by atoms with E-state index in [0.717, 1.165) is 12.1 Å². The van der Waals surface area contributed by atoms with Crippen LogP contribution in [0.15, 0.2) is 42.5 Å². The highest BCUT2D eigenvalue weighted by Gasteiger charge is 2.30. The molecule has 2 aromatic rings. The third-order valence-electron chi connectivity index (χ3n) is 2.98. The molecule has 0 saturated carbocycles. The summed E-state index contributed by atoms with van der Waals surface area (Å²) < 4.78 is 51.5. The SMILES string of the molecule is NCCc1cc(-c2cccc(C(F)(F)F)c2)ccc1F. The molecular weight excluding hydrogens is 270 g/mol. The van der Waals surface area contributed by atoms with Crippen LogP contribution in [0.2, 0.25) is 0 Å². The van der Waals surface area contributed by atoms with E-state index >= 15 is 0 Å². The Labute approximate surface area is 114 Å². The third-order valence-corrected chi connectivity index (χ3v) is 2.98. The maximum absolute atomic E-state index is 13.5. The number of benzene rings is 2. The molecule has 0 aliphatic heterocycles. The van der Waals surface area contributed by atoms with Gasteiger partial charge in [-0.3, -0.25) is 0 Å². The molecule has 0 bridgehead atoms. The third kappa shape index (κ3) is 3.17. The molecule has 0 spiro atoms. The summed E-state index contributed by atoms with van der Waals surface area (Å²) in [5.41, 5.74) is 6.01. The Hall–Kier alpha value is -1.88. The van der Waals surface area contributed by atoms with Gasteiger partial charge in [0, 0.05) is 0 Å². The largest absolute Gasteiger partial charge is 0.416 e. The first-order chi connectivity index (χ1) is 9.41. The van der Waals surface area contributed by atoms with Gasteiger partial charge < -0.3 is 5.73 Å². The molecule has 0 unspecified atom stereocenters. The predicted octanol–water partition coefficient (Wildman–Crippen LogP) is 4.01. The summed E-state index contributed by atoms with van der Waals surface area (Å²) >= 11 is 0. The molecule has 0 radical (unpaired) electrons.